The molecule has 1 atom stereocenters. The number of fused-ring (bicyclic) bond motifs is 1. The van der Waals surface area contributed by atoms with Crippen LogP contribution in [0.15, 0.2) is 30.5 Å². The van der Waals surface area contributed by atoms with Gasteiger partial charge in [-0.15, -0.1) is 0 Å². The van der Waals surface area contributed by atoms with Gasteiger partial charge in [0.1, 0.15) is 0 Å². The van der Waals surface area contributed by atoms with Crippen LogP contribution in [0.4, 0.5) is 13.2 Å². The number of alkyl halides is 3. The predicted octanol–water partition coefficient (Wildman–Crippen LogP) is 1.74. The van der Waals surface area contributed by atoms with Crippen LogP contribution in [-0.2, 0) is 11.2 Å². The van der Waals surface area contributed by atoms with E-state index in [4.69, 9.17) is 5.73 Å². The number of halogens is 3. The number of nitrogens with two attached hydrogens (primary N) is 1. The quantitative estimate of drug-likeness (QED) is 0.879. The first-order chi connectivity index (χ1) is 11.8. The summed E-state index contributed by atoms with van der Waals surface area (Å²) >= 11 is 0. The number of rotatable bonds is 4. The van der Waals surface area contributed by atoms with E-state index in [1.807, 2.05) is 30.5 Å². The number of nitrogens with one attached hydrogen (secondary N) is 1. The van der Waals surface area contributed by atoms with Gasteiger partial charge in [0.2, 0.25) is 5.91 Å². The lowest BCUT2D eigenvalue weighted by Gasteiger charge is -2.36. The van der Waals surface area contributed by atoms with Crippen molar-refractivity contribution in [2.75, 3.05) is 32.7 Å². The SMILES string of the molecule is N[C@@H](Cc1c[nH]c2ccccc12)C(=O)N1CCN(CC(F)(F)F)CC1. The van der Waals surface area contributed by atoms with Crippen LogP contribution in [0.5, 0.6) is 0 Å². The van der Waals surface area contributed by atoms with E-state index in [9.17, 15) is 18.0 Å². The van der Waals surface area contributed by atoms with E-state index >= 15 is 0 Å². The van der Waals surface area contributed by atoms with Gasteiger partial charge >= 0.3 is 6.18 Å². The molecular formula is C17H21F3N4O. The van der Waals surface area contributed by atoms with Gasteiger partial charge in [-0.05, 0) is 18.1 Å². The van der Waals surface area contributed by atoms with Crippen molar-refractivity contribution in [2.45, 2.75) is 18.6 Å². The van der Waals surface area contributed by atoms with Crippen molar-refractivity contribution >= 4 is 16.8 Å². The molecular weight excluding hydrogens is 333 g/mol. The Balaban J connectivity index is 1.56. The zero-order valence-corrected chi connectivity index (χ0v) is 13.7. The molecule has 0 radical (unpaired) electrons. The van der Waals surface area contributed by atoms with Gasteiger partial charge in [0.05, 0.1) is 12.6 Å². The minimum absolute atomic E-state index is 0.211. The van der Waals surface area contributed by atoms with Gasteiger partial charge in [-0.2, -0.15) is 13.2 Å². The fourth-order valence-electron chi connectivity index (χ4n) is 3.24. The zero-order chi connectivity index (χ0) is 18.0. The standard InChI is InChI=1S/C17H21F3N4O/c18-17(19,20)11-23-5-7-24(8-6-23)16(25)14(21)9-12-10-22-15-4-2-1-3-13(12)15/h1-4,10,14,22H,5-9,11,21H2/t14-/m0/s1. The zero-order valence-electron chi connectivity index (χ0n) is 13.7. The number of nitrogens with zero attached hydrogens (tertiary/aromatic N) is 2. The summed E-state index contributed by atoms with van der Waals surface area (Å²) in [5.41, 5.74) is 8.02. The minimum Gasteiger partial charge on any atom is -0.361 e. The van der Waals surface area contributed by atoms with Crippen molar-refractivity contribution in [3.8, 4) is 0 Å². The number of benzene rings is 1. The second-order valence-electron chi connectivity index (χ2n) is 6.39. The van der Waals surface area contributed by atoms with Crippen molar-refractivity contribution in [1.82, 2.24) is 14.8 Å². The van der Waals surface area contributed by atoms with Crippen molar-refractivity contribution in [1.29, 1.82) is 0 Å². The van der Waals surface area contributed by atoms with Crippen LogP contribution in [0.25, 0.3) is 10.9 Å². The Labute approximate surface area is 143 Å². The number of carbonyl (C=O) groups is 1. The topological polar surface area (TPSA) is 65.4 Å². The summed E-state index contributed by atoms with van der Waals surface area (Å²) in [7, 11) is 0. The summed E-state index contributed by atoms with van der Waals surface area (Å²) in [5.74, 6) is -0.211. The number of piperazine rings is 1. The van der Waals surface area contributed by atoms with Crippen LogP contribution in [-0.4, -0.2) is 65.6 Å². The third-order valence-electron chi connectivity index (χ3n) is 4.52. The highest BCUT2D eigenvalue weighted by Gasteiger charge is 2.33. The monoisotopic (exact) mass is 354 g/mol. The van der Waals surface area contributed by atoms with Crippen molar-refractivity contribution < 1.29 is 18.0 Å². The van der Waals surface area contributed by atoms with Crippen LogP contribution in [0.1, 0.15) is 5.56 Å². The number of hydrogen-bond acceptors (Lipinski definition) is 3. The first-order valence-corrected chi connectivity index (χ1v) is 8.22. The van der Waals surface area contributed by atoms with Crippen LogP contribution >= 0.6 is 0 Å². The fraction of sp³-hybridized carbons (Fsp3) is 0.471. The lowest BCUT2D eigenvalue weighted by molar-refractivity contribution is -0.152. The molecule has 0 aliphatic carbocycles. The van der Waals surface area contributed by atoms with E-state index in [0.29, 0.717) is 6.42 Å². The number of aromatic amines is 1. The van der Waals surface area contributed by atoms with E-state index in [1.54, 1.807) is 4.90 Å². The van der Waals surface area contributed by atoms with Gasteiger partial charge in [0.25, 0.3) is 0 Å². The van der Waals surface area contributed by atoms with Crippen LogP contribution in [0, 0.1) is 0 Å². The average Bonchev–Trinajstić information content (AvgIpc) is 2.96. The van der Waals surface area contributed by atoms with E-state index in [-0.39, 0.29) is 32.1 Å². The van der Waals surface area contributed by atoms with E-state index in [1.165, 1.54) is 4.90 Å². The Morgan fingerprint density at radius 2 is 1.88 bits per heavy atom. The number of hydrogen-bond donors (Lipinski definition) is 2. The molecule has 0 saturated carbocycles. The Bertz CT molecular complexity index is 735. The normalized spacial score (nSPS) is 17.8. The fourth-order valence-corrected chi connectivity index (χ4v) is 3.24. The maximum Gasteiger partial charge on any atom is 0.401 e. The first-order valence-electron chi connectivity index (χ1n) is 8.22. The maximum atomic E-state index is 12.5. The molecule has 2 heterocycles. The third-order valence-corrected chi connectivity index (χ3v) is 4.52. The molecule has 25 heavy (non-hydrogen) atoms. The first kappa shape index (κ1) is 17.8. The number of H-pyrrole nitrogens is 1. The Kier molecular flexibility index (Phi) is 5.01. The van der Waals surface area contributed by atoms with Gasteiger partial charge in [-0.3, -0.25) is 9.69 Å². The molecule has 1 aromatic heterocycles. The molecule has 136 valence electrons. The predicted molar refractivity (Wildman–Crippen MR) is 89.1 cm³/mol. The van der Waals surface area contributed by atoms with E-state index in [2.05, 4.69) is 4.98 Å². The minimum atomic E-state index is -4.21. The highest BCUT2D eigenvalue weighted by Crippen LogP contribution is 2.20. The summed E-state index contributed by atoms with van der Waals surface area (Å²) in [6.45, 7) is 0.0412. The molecule has 0 spiro atoms. The molecule has 2 aromatic rings. The van der Waals surface area contributed by atoms with E-state index < -0.39 is 18.8 Å². The van der Waals surface area contributed by atoms with Crippen molar-refractivity contribution in [2.24, 2.45) is 5.73 Å². The molecule has 3 N–H and O–H groups in total. The Hall–Kier alpha value is -2.06. The molecule has 1 aliphatic rings. The summed E-state index contributed by atoms with van der Waals surface area (Å²) in [5, 5.41) is 1.03. The molecule has 1 fully saturated rings. The molecule has 1 aliphatic heterocycles. The lowest BCUT2D eigenvalue weighted by Crippen LogP contribution is -2.54. The average molecular weight is 354 g/mol. The van der Waals surface area contributed by atoms with Gasteiger partial charge in [0.15, 0.2) is 0 Å². The number of aromatic nitrogens is 1. The number of carbonyl (C=O) groups excluding carboxylic acids is 1. The van der Waals surface area contributed by atoms with Crippen molar-refractivity contribution in [3.63, 3.8) is 0 Å². The van der Waals surface area contributed by atoms with Crippen LogP contribution in [0.2, 0.25) is 0 Å². The van der Waals surface area contributed by atoms with Gasteiger partial charge in [-0.1, -0.05) is 18.2 Å². The Morgan fingerprint density at radius 1 is 1.20 bits per heavy atom. The summed E-state index contributed by atoms with van der Waals surface area (Å²) in [6, 6.07) is 7.06. The smallest absolute Gasteiger partial charge is 0.361 e. The lowest BCUT2D eigenvalue weighted by atomic mass is 10.0. The molecule has 0 bridgehead atoms. The second-order valence-corrected chi connectivity index (χ2v) is 6.39. The Morgan fingerprint density at radius 3 is 2.56 bits per heavy atom. The summed E-state index contributed by atoms with van der Waals surface area (Å²) < 4.78 is 37.3. The van der Waals surface area contributed by atoms with Crippen LogP contribution in [0.3, 0.4) is 0 Å². The molecule has 5 nitrogen and oxygen atoms in total. The largest absolute Gasteiger partial charge is 0.401 e. The molecule has 1 amide bonds. The second kappa shape index (κ2) is 7.05. The third kappa shape index (κ3) is 4.32. The molecule has 1 aromatic carbocycles. The number of amides is 1. The van der Waals surface area contributed by atoms with Crippen LogP contribution < -0.4 is 5.73 Å². The maximum absolute atomic E-state index is 12.5. The highest BCUT2D eigenvalue weighted by molar-refractivity contribution is 5.86. The summed E-state index contributed by atoms with van der Waals surface area (Å²) in [4.78, 5) is 18.5. The van der Waals surface area contributed by atoms with E-state index in [0.717, 1.165) is 16.5 Å². The van der Waals surface area contributed by atoms with Gasteiger partial charge in [0, 0.05) is 43.3 Å². The number of para-hydroxylation sites is 1. The molecule has 8 heteroatoms. The van der Waals surface area contributed by atoms with Gasteiger partial charge < -0.3 is 15.6 Å². The van der Waals surface area contributed by atoms with Crippen molar-refractivity contribution in [3.05, 3.63) is 36.0 Å². The van der Waals surface area contributed by atoms with Gasteiger partial charge in [-0.25, -0.2) is 0 Å². The molecule has 0 unspecified atom stereocenters. The molecule has 3 rings (SSSR count). The molecule has 1 saturated heterocycles. The summed E-state index contributed by atoms with van der Waals surface area (Å²) in [6.07, 6.45) is -1.97. The highest BCUT2D eigenvalue weighted by atomic mass is 19.4.